The summed E-state index contributed by atoms with van der Waals surface area (Å²) in [5.74, 6) is -0.0165. The zero-order chi connectivity index (χ0) is 22.8. The maximum atomic E-state index is 13.4. The number of hydrogen-bond acceptors (Lipinski definition) is 5. The molecule has 1 fully saturated rings. The number of halogens is 1. The molecule has 0 radical (unpaired) electrons. The van der Waals surface area contributed by atoms with Crippen LogP contribution in [-0.4, -0.2) is 28.5 Å². The van der Waals surface area contributed by atoms with E-state index in [4.69, 9.17) is 4.98 Å². The average Bonchev–Trinajstić information content (AvgIpc) is 3.32. The number of thiophene rings is 1. The lowest BCUT2D eigenvalue weighted by molar-refractivity contribution is -0.120. The van der Waals surface area contributed by atoms with Gasteiger partial charge in [-0.3, -0.25) is 14.2 Å². The van der Waals surface area contributed by atoms with Gasteiger partial charge < -0.3 is 10.2 Å². The molecule has 3 heterocycles. The van der Waals surface area contributed by atoms with Crippen LogP contribution in [0.4, 0.5) is 16.0 Å². The number of amides is 1. The number of anilines is 2. The second-order valence-electron chi connectivity index (χ2n) is 8.20. The largest absolute Gasteiger partial charge is 0.341 e. The molecule has 2 aromatic carbocycles. The summed E-state index contributed by atoms with van der Waals surface area (Å²) in [7, 11) is 0. The summed E-state index contributed by atoms with van der Waals surface area (Å²) in [5, 5.41) is 4.85. The van der Waals surface area contributed by atoms with Crippen molar-refractivity contribution in [2.45, 2.75) is 19.4 Å². The summed E-state index contributed by atoms with van der Waals surface area (Å²) < 4.78 is 15.6. The first kappa shape index (κ1) is 21.3. The van der Waals surface area contributed by atoms with E-state index in [1.54, 1.807) is 16.7 Å². The highest BCUT2D eigenvalue weighted by Crippen LogP contribution is 2.26. The van der Waals surface area contributed by atoms with Gasteiger partial charge in [-0.25, -0.2) is 9.37 Å². The number of aromatic nitrogens is 2. The first-order chi connectivity index (χ1) is 16.1. The monoisotopic (exact) mass is 462 g/mol. The lowest BCUT2D eigenvalue weighted by Crippen LogP contribution is -2.43. The SMILES string of the molecule is O=C(Nc1ccccc1)[C@@H]1CCCN(c2nc3ccsc3c(=O)n2Cc2ccc(F)cc2)C1. The van der Waals surface area contributed by atoms with Crippen molar-refractivity contribution >= 4 is 39.1 Å². The van der Waals surface area contributed by atoms with Crippen LogP contribution in [-0.2, 0) is 11.3 Å². The van der Waals surface area contributed by atoms with E-state index in [0.717, 1.165) is 24.1 Å². The van der Waals surface area contributed by atoms with E-state index in [1.807, 2.05) is 46.7 Å². The molecule has 1 amide bonds. The van der Waals surface area contributed by atoms with Crippen molar-refractivity contribution in [1.82, 2.24) is 9.55 Å². The molecule has 1 N–H and O–H groups in total. The number of benzene rings is 2. The smallest absolute Gasteiger partial charge is 0.273 e. The molecule has 5 rings (SSSR count). The van der Waals surface area contributed by atoms with Crippen LogP contribution in [0.1, 0.15) is 18.4 Å². The molecule has 0 bridgehead atoms. The fourth-order valence-corrected chi connectivity index (χ4v) is 5.01. The second-order valence-corrected chi connectivity index (χ2v) is 9.12. The molecule has 1 saturated heterocycles. The van der Waals surface area contributed by atoms with Crippen LogP contribution < -0.4 is 15.8 Å². The van der Waals surface area contributed by atoms with E-state index in [-0.39, 0.29) is 29.7 Å². The van der Waals surface area contributed by atoms with Gasteiger partial charge >= 0.3 is 0 Å². The highest BCUT2D eigenvalue weighted by molar-refractivity contribution is 7.17. The molecule has 0 saturated carbocycles. The Morgan fingerprint density at radius 2 is 1.91 bits per heavy atom. The highest BCUT2D eigenvalue weighted by atomic mass is 32.1. The number of para-hydroxylation sites is 1. The molecule has 33 heavy (non-hydrogen) atoms. The number of hydrogen-bond donors (Lipinski definition) is 1. The standard InChI is InChI=1S/C25H23FN4O2S/c26-19-10-8-17(9-11-19)15-30-24(32)22-21(12-14-33-22)28-25(30)29-13-4-5-18(16-29)23(31)27-20-6-2-1-3-7-20/h1-3,6-12,14,18H,4-5,13,15-16H2,(H,27,31)/t18-/m1/s1. The predicted octanol–water partition coefficient (Wildman–Crippen LogP) is 4.50. The Morgan fingerprint density at radius 1 is 1.12 bits per heavy atom. The van der Waals surface area contributed by atoms with E-state index in [2.05, 4.69) is 5.32 Å². The van der Waals surface area contributed by atoms with Gasteiger partial charge in [0.05, 0.1) is 18.0 Å². The van der Waals surface area contributed by atoms with Gasteiger partial charge in [0.2, 0.25) is 11.9 Å². The van der Waals surface area contributed by atoms with Crippen LogP contribution in [0.15, 0.2) is 70.8 Å². The normalized spacial score (nSPS) is 16.2. The third kappa shape index (κ3) is 4.52. The van der Waals surface area contributed by atoms with Crippen LogP contribution in [0.5, 0.6) is 0 Å². The third-order valence-corrected chi connectivity index (χ3v) is 6.81. The molecule has 1 atom stereocenters. The minimum atomic E-state index is -0.318. The van der Waals surface area contributed by atoms with Crippen molar-refractivity contribution in [2.75, 3.05) is 23.3 Å². The maximum absolute atomic E-state index is 13.4. The molecule has 4 aromatic rings. The topological polar surface area (TPSA) is 67.2 Å². The van der Waals surface area contributed by atoms with E-state index in [0.29, 0.717) is 29.3 Å². The Morgan fingerprint density at radius 3 is 2.70 bits per heavy atom. The molecule has 0 unspecified atom stereocenters. The molecule has 0 aliphatic carbocycles. The van der Waals surface area contributed by atoms with Crippen LogP contribution in [0, 0.1) is 11.7 Å². The van der Waals surface area contributed by atoms with Crippen LogP contribution in [0.3, 0.4) is 0 Å². The van der Waals surface area contributed by atoms with Gasteiger partial charge in [0.1, 0.15) is 10.5 Å². The number of carbonyl (C=O) groups excluding carboxylic acids is 1. The van der Waals surface area contributed by atoms with Gasteiger partial charge in [-0.15, -0.1) is 11.3 Å². The molecule has 1 aliphatic rings. The van der Waals surface area contributed by atoms with Crippen LogP contribution in [0.2, 0.25) is 0 Å². The highest BCUT2D eigenvalue weighted by Gasteiger charge is 2.29. The van der Waals surface area contributed by atoms with Crippen molar-refractivity contribution in [3.8, 4) is 0 Å². The fraction of sp³-hybridized carbons (Fsp3) is 0.240. The van der Waals surface area contributed by atoms with Gasteiger partial charge in [-0.2, -0.15) is 0 Å². The first-order valence-corrected chi connectivity index (χ1v) is 11.8. The van der Waals surface area contributed by atoms with Gasteiger partial charge in [-0.05, 0) is 54.1 Å². The summed E-state index contributed by atoms with van der Waals surface area (Å²) in [5.41, 5.74) is 2.12. The lowest BCUT2D eigenvalue weighted by atomic mass is 9.97. The summed E-state index contributed by atoms with van der Waals surface area (Å²) >= 11 is 1.36. The number of rotatable bonds is 5. The minimum Gasteiger partial charge on any atom is -0.341 e. The van der Waals surface area contributed by atoms with Gasteiger partial charge in [0.25, 0.3) is 5.56 Å². The molecule has 168 valence electrons. The van der Waals surface area contributed by atoms with Crippen LogP contribution >= 0.6 is 11.3 Å². The first-order valence-electron chi connectivity index (χ1n) is 10.9. The van der Waals surface area contributed by atoms with Crippen molar-refractivity contribution in [3.63, 3.8) is 0 Å². The predicted molar refractivity (Wildman–Crippen MR) is 129 cm³/mol. The Labute approximate surface area is 194 Å². The quantitative estimate of drug-likeness (QED) is 0.474. The number of nitrogens with zero attached hydrogens (tertiary/aromatic N) is 3. The number of nitrogens with one attached hydrogen (secondary N) is 1. The molecule has 1 aliphatic heterocycles. The van der Waals surface area contributed by atoms with Crippen LogP contribution in [0.25, 0.3) is 10.2 Å². The summed E-state index contributed by atoms with van der Waals surface area (Å²) in [6, 6.07) is 17.4. The summed E-state index contributed by atoms with van der Waals surface area (Å²) in [4.78, 5) is 33.1. The van der Waals surface area contributed by atoms with Gasteiger partial charge in [-0.1, -0.05) is 30.3 Å². The zero-order valence-corrected chi connectivity index (χ0v) is 18.7. The Hall–Kier alpha value is -3.52. The Kier molecular flexibility index (Phi) is 5.92. The summed E-state index contributed by atoms with van der Waals surface area (Å²) in [6.07, 6.45) is 1.60. The van der Waals surface area contributed by atoms with Crippen molar-refractivity contribution in [1.29, 1.82) is 0 Å². The zero-order valence-electron chi connectivity index (χ0n) is 17.9. The molecule has 6 nitrogen and oxygen atoms in total. The maximum Gasteiger partial charge on any atom is 0.273 e. The lowest BCUT2D eigenvalue weighted by Gasteiger charge is -2.34. The number of carbonyl (C=O) groups is 1. The number of fused-ring (bicyclic) bond motifs is 1. The fourth-order valence-electron chi connectivity index (χ4n) is 4.23. The van der Waals surface area contributed by atoms with E-state index < -0.39 is 0 Å². The molecule has 8 heteroatoms. The minimum absolute atomic E-state index is 0.0325. The molecule has 2 aromatic heterocycles. The average molecular weight is 463 g/mol. The van der Waals surface area contributed by atoms with Crippen molar-refractivity contribution < 1.29 is 9.18 Å². The van der Waals surface area contributed by atoms with Crippen molar-refractivity contribution in [2.24, 2.45) is 5.92 Å². The Balaban J connectivity index is 1.45. The summed E-state index contributed by atoms with van der Waals surface area (Å²) in [6.45, 7) is 1.47. The molecular weight excluding hydrogens is 439 g/mol. The van der Waals surface area contributed by atoms with E-state index >= 15 is 0 Å². The Bertz CT molecular complexity index is 1330. The molecular formula is C25H23FN4O2S. The van der Waals surface area contributed by atoms with E-state index in [1.165, 1.54) is 23.5 Å². The second kappa shape index (κ2) is 9.15. The van der Waals surface area contributed by atoms with E-state index in [9.17, 15) is 14.0 Å². The molecule has 0 spiro atoms. The third-order valence-electron chi connectivity index (χ3n) is 5.92. The van der Waals surface area contributed by atoms with Gasteiger partial charge in [0.15, 0.2) is 0 Å². The van der Waals surface area contributed by atoms with Gasteiger partial charge in [0, 0.05) is 18.8 Å². The number of piperidine rings is 1. The van der Waals surface area contributed by atoms with Crippen molar-refractivity contribution in [3.05, 3.63) is 87.8 Å².